The highest BCUT2D eigenvalue weighted by Gasteiger charge is 1.96. The maximum atomic E-state index is 10.2. The van der Waals surface area contributed by atoms with Crippen LogP contribution >= 0.6 is 0 Å². The van der Waals surface area contributed by atoms with Crippen LogP contribution in [0.5, 0.6) is 0 Å². The third-order valence-corrected chi connectivity index (χ3v) is 1.90. The lowest BCUT2D eigenvalue weighted by Gasteiger charge is -1.99. The van der Waals surface area contributed by atoms with Gasteiger partial charge in [0.25, 0.3) is 0 Å². The summed E-state index contributed by atoms with van der Waals surface area (Å²) >= 11 is 0. The van der Waals surface area contributed by atoms with E-state index in [0.717, 1.165) is 25.5 Å². The molecular formula is C10H18O. The first-order chi connectivity index (χ1) is 5.20. The quantitative estimate of drug-likeness (QED) is 0.439. The summed E-state index contributed by atoms with van der Waals surface area (Å²) in [4.78, 5) is 10.2. The van der Waals surface area contributed by atoms with Crippen LogP contribution in [0.2, 0.25) is 0 Å². The molecule has 0 aromatic carbocycles. The summed E-state index contributed by atoms with van der Waals surface area (Å²) in [6, 6.07) is 0. The Morgan fingerprint density at radius 2 is 2.18 bits per heavy atom. The zero-order chi connectivity index (χ0) is 8.69. The van der Waals surface area contributed by atoms with Crippen molar-refractivity contribution in [2.24, 2.45) is 5.92 Å². The Morgan fingerprint density at radius 3 is 2.64 bits per heavy atom. The summed E-state index contributed by atoms with van der Waals surface area (Å²) in [5.41, 5.74) is 1.42. The Hall–Kier alpha value is -0.590. The van der Waals surface area contributed by atoms with Crippen molar-refractivity contribution in [3.63, 3.8) is 0 Å². The van der Waals surface area contributed by atoms with Crippen molar-refractivity contribution in [1.82, 2.24) is 0 Å². The Kier molecular flexibility index (Phi) is 5.81. The molecule has 0 spiro atoms. The lowest BCUT2D eigenvalue weighted by atomic mass is 10.1. The number of carbonyl (C=O) groups is 1. The molecule has 0 amide bonds. The highest BCUT2D eigenvalue weighted by molar-refractivity contribution is 5.52. The number of rotatable bonds is 5. The molecule has 0 aliphatic rings. The highest BCUT2D eigenvalue weighted by Crippen LogP contribution is 2.06. The zero-order valence-electron chi connectivity index (χ0n) is 7.76. The molecule has 1 unspecified atom stereocenters. The fraction of sp³-hybridized carbons (Fsp3) is 0.700. The molecule has 0 saturated carbocycles. The molecule has 0 N–H and O–H groups in total. The van der Waals surface area contributed by atoms with Crippen molar-refractivity contribution in [2.75, 3.05) is 0 Å². The van der Waals surface area contributed by atoms with Gasteiger partial charge in [0.05, 0.1) is 0 Å². The van der Waals surface area contributed by atoms with Gasteiger partial charge in [0, 0.05) is 5.92 Å². The molecule has 1 heteroatoms. The molecule has 0 radical (unpaired) electrons. The predicted octanol–water partition coefficient (Wildman–Crippen LogP) is 2.96. The minimum absolute atomic E-state index is 0.218. The van der Waals surface area contributed by atoms with Crippen LogP contribution in [-0.4, -0.2) is 6.29 Å². The summed E-state index contributed by atoms with van der Waals surface area (Å²) in [7, 11) is 0. The Bertz CT molecular complexity index is 136. The van der Waals surface area contributed by atoms with E-state index in [2.05, 4.69) is 19.9 Å². The van der Waals surface area contributed by atoms with Crippen LogP contribution in [0.4, 0.5) is 0 Å². The van der Waals surface area contributed by atoms with Crippen LogP contribution in [0.1, 0.15) is 40.0 Å². The Labute approximate surface area is 69.5 Å². The first kappa shape index (κ1) is 10.4. The minimum Gasteiger partial charge on any atom is -0.303 e. The number of aldehydes is 1. The fourth-order valence-electron chi connectivity index (χ4n) is 0.805. The van der Waals surface area contributed by atoms with Gasteiger partial charge < -0.3 is 4.79 Å². The lowest BCUT2D eigenvalue weighted by molar-refractivity contribution is -0.110. The lowest BCUT2D eigenvalue weighted by Crippen LogP contribution is -1.93. The molecular weight excluding hydrogens is 136 g/mol. The normalized spacial score (nSPS) is 14.6. The summed E-state index contributed by atoms with van der Waals surface area (Å²) in [6.07, 6.45) is 6.39. The van der Waals surface area contributed by atoms with Gasteiger partial charge in [-0.3, -0.25) is 0 Å². The van der Waals surface area contributed by atoms with Gasteiger partial charge in [0.2, 0.25) is 0 Å². The monoisotopic (exact) mass is 154 g/mol. The van der Waals surface area contributed by atoms with Crippen LogP contribution in [0.15, 0.2) is 11.6 Å². The van der Waals surface area contributed by atoms with E-state index < -0.39 is 0 Å². The van der Waals surface area contributed by atoms with Crippen molar-refractivity contribution in [1.29, 1.82) is 0 Å². The van der Waals surface area contributed by atoms with Crippen molar-refractivity contribution in [3.05, 3.63) is 11.6 Å². The second kappa shape index (κ2) is 6.14. The van der Waals surface area contributed by atoms with Gasteiger partial charge >= 0.3 is 0 Å². The summed E-state index contributed by atoms with van der Waals surface area (Å²) in [5, 5.41) is 0. The first-order valence-corrected chi connectivity index (χ1v) is 4.31. The molecule has 0 fully saturated rings. The third-order valence-electron chi connectivity index (χ3n) is 1.90. The van der Waals surface area contributed by atoms with Crippen molar-refractivity contribution < 1.29 is 4.79 Å². The number of carbonyl (C=O) groups excluding carboxylic acids is 1. The van der Waals surface area contributed by atoms with E-state index in [0.29, 0.717) is 0 Å². The third kappa shape index (κ3) is 5.84. The smallest absolute Gasteiger partial charge is 0.122 e. The van der Waals surface area contributed by atoms with E-state index in [-0.39, 0.29) is 5.92 Å². The van der Waals surface area contributed by atoms with E-state index >= 15 is 0 Å². The molecule has 0 aliphatic heterocycles. The van der Waals surface area contributed by atoms with Gasteiger partial charge in [0.1, 0.15) is 6.29 Å². The molecule has 0 heterocycles. The molecule has 64 valence electrons. The largest absolute Gasteiger partial charge is 0.303 e. The zero-order valence-corrected chi connectivity index (χ0v) is 7.76. The van der Waals surface area contributed by atoms with Gasteiger partial charge in [-0.2, -0.15) is 0 Å². The molecule has 1 nitrogen and oxygen atoms in total. The van der Waals surface area contributed by atoms with E-state index in [4.69, 9.17) is 0 Å². The molecule has 0 aromatic rings. The van der Waals surface area contributed by atoms with Crippen molar-refractivity contribution in [2.45, 2.75) is 40.0 Å². The van der Waals surface area contributed by atoms with Crippen LogP contribution in [0, 0.1) is 5.92 Å². The van der Waals surface area contributed by atoms with Crippen molar-refractivity contribution in [3.8, 4) is 0 Å². The SMILES string of the molecule is CC/C(C)=C/CCC(C)C=O. The maximum absolute atomic E-state index is 10.2. The van der Waals surface area contributed by atoms with E-state index in [9.17, 15) is 4.79 Å². The van der Waals surface area contributed by atoms with Crippen LogP contribution < -0.4 is 0 Å². The average Bonchev–Trinajstić information content (AvgIpc) is 2.04. The van der Waals surface area contributed by atoms with E-state index in [1.54, 1.807) is 0 Å². The van der Waals surface area contributed by atoms with E-state index in [1.807, 2.05) is 6.92 Å². The number of allylic oxidation sites excluding steroid dienone is 2. The van der Waals surface area contributed by atoms with Gasteiger partial charge in [-0.1, -0.05) is 25.5 Å². The van der Waals surface area contributed by atoms with Crippen LogP contribution in [0.25, 0.3) is 0 Å². The van der Waals surface area contributed by atoms with Gasteiger partial charge in [-0.25, -0.2) is 0 Å². The van der Waals surface area contributed by atoms with Crippen LogP contribution in [0.3, 0.4) is 0 Å². The summed E-state index contributed by atoms with van der Waals surface area (Å²) in [6.45, 7) is 6.24. The first-order valence-electron chi connectivity index (χ1n) is 4.31. The molecule has 0 saturated heterocycles. The average molecular weight is 154 g/mol. The minimum atomic E-state index is 0.218. The fourth-order valence-corrected chi connectivity index (χ4v) is 0.805. The number of hydrogen-bond acceptors (Lipinski definition) is 1. The molecule has 0 rings (SSSR count). The molecule has 0 aromatic heterocycles. The highest BCUT2D eigenvalue weighted by atomic mass is 16.1. The number of hydrogen-bond donors (Lipinski definition) is 0. The second-order valence-electron chi connectivity index (χ2n) is 3.09. The maximum Gasteiger partial charge on any atom is 0.122 e. The standard InChI is InChI=1S/C10H18O/c1-4-9(2)6-5-7-10(3)8-11/h6,8,10H,4-5,7H2,1-3H3/b9-6+. The molecule has 11 heavy (non-hydrogen) atoms. The predicted molar refractivity (Wildman–Crippen MR) is 48.5 cm³/mol. The van der Waals surface area contributed by atoms with Crippen molar-refractivity contribution >= 4 is 6.29 Å². The molecule has 1 atom stereocenters. The van der Waals surface area contributed by atoms with Gasteiger partial charge in [-0.15, -0.1) is 0 Å². The topological polar surface area (TPSA) is 17.1 Å². The summed E-state index contributed by atoms with van der Waals surface area (Å²) in [5.74, 6) is 0.218. The van der Waals surface area contributed by atoms with Crippen LogP contribution in [-0.2, 0) is 4.79 Å². The van der Waals surface area contributed by atoms with Gasteiger partial charge in [-0.05, 0) is 26.2 Å². The Morgan fingerprint density at radius 1 is 1.55 bits per heavy atom. The van der Waals surface area contributed by atoms with Gasteiger partial charge in [0.15, 0.2) is 0 Å². The second-order valence-corrected chi connectivity index (χ2v) is 3.09. The van der Waals surface area contributed by atoms with E-state index in [1.165, 1.54) is 5.57 Å². The molecule has 0 bridgehead atoms. The molecule has 0 aliphatic carbocycles. The summed E-state index contributed by atoms with van der Waals surface area (Å²) < 4.78 is 0. The Balaban J connectivity index is 3.47.